The molecule has 3 aliphatic rings. The van der Waals surface area contributed by atoms with E-state index in [9.17, 15) is 14.4 Å². The van der Waals surface area contributed by atoms with Crippen LogP contribution in [-0.4, -0.2) is 70.8 Å². The number of ketones is 1. The number of imide groups is 1. The Bertz CT molecular complexity index is 1040. The van der Waals surface area contributed by atoms with Crippen molar-refractivity contribution in [3.05, 3.63) is 71.8 Å². The molecule has 2 aromatic rings. The summed E-state index contributed by atoms with van der Waals surface area (Å²) in [5, 5.41) is 3.04. The molecule has 3 saturated heterocycles. The molecule has 1 unspecified atom stereocenters. The molecule has 1 spiro atoms. The lowest BCUT2D eigenvalue weighted by molar-refractivity contribution is -0.135. The first-order chi connectivity index (χ1) is 16.5. The molecule has 7 heteroatoms. The van der Waals surface area contributed by atoms with Crippen LogP contribution in [-0.2, 0) is 11.3 Å². The van der Waals surface area contributed by atoms with Crippen LogP contribution in [0.2, 0.25) is 0 Å². The molecular weight excluding hydrogens is 428 g/mol. The Hall–Kier alpha value is -3.03. The molecule has 7 nitrogen and oxygen atoms in total. The van der Waals surface area contributed by atoms with Crippen molar-refractivity contribution >= 4 is 17.7 Å². The second kappa shape index (κ2) is 9.68. The maximum atomic E-state index is 13.5. The van der Waals surface area contributed by atoms with Crippen molar-refractivity contribution in [3.8, 4) is 0 Å². The van der Waals surface area contributed by atoms with Crippen molar-refractivity contribution in [2.45, 2.75) is 37.8 Å². The molecule has 1 N–H and O–H groups in total. The second-order valence-corrected chi connectivity index (χ2v) is 9.81. The monoisotopic (exact) mass is 460 g/mol. The average Bonchev–Trinajstić information content (AvgIpc) is 3.09. The number of urea groups is 1. The van der Waals surface area contributed by atoms with Crippen LogP contribution in [0, 0.1) is 5.92 Å². The molecule has 178 valence electrons. The van der Waals surface area contributed by atoms with E-state index in [0.29, 0.717) is 26.1 Å². The van der Waals surface area contributed by atoms with Gasteiger partial charge in [0.25, 0.3) is 5.91 Å². The standard InChI is InChI=1S/C27H32N4O3/c32-24(22-10-5-2-6-11-22)23-12-16-29(17-13-23)20-31-25(33)27(28-26(31)34)14-7-15-30(19-27)18-21-8-3-1-4-9-21/h1-6,8-11,23H,7,12-20H2,(H,28,34). The van der Waals surface area contributed by atoms with Gasteiger partial charge in [0, 0.05) is 37.7 Å². The van der Waals surface area contributed by atoms with Gasteiger partial charge in [0.15, 0.2) is 5.78 Å². The van der Waals surface area contributed by atoms with Crippen LogP contribution in [0.5, 0.6) is 0 Å². The van der Waals surface area contributed by atoms with Crippen molar-refractivity contribution in [1.29, 1.82) is 0 Å². The van der Waals surface area contributed by atoms with Gasteiger partial charge in [-0.15, -0.1) is 0 Å². The van der Waals surface area contributed by atoms with E-state index in [-0.39, 0.29) is 30.3 Å². The molecule has 3 aliphatic heterocycles. The van der Waals surface area contributed by atoms with Crippen molar-refractivity contribution < 1.29 is 14.4 Å². The molecule has 2 aromatic carbocycles. The Labute approximate surface area is 200 Å². The van der Waals surface area contributed by atoms with Gasteiger partial charge in [0.2, 0.25) is 0 Å². The van der Waals surface area contributed by atoms with E-state index in [2.05, 4.69) is 27.2 Å². The lowest BCUT2D eigenvalue weighted by Gasteiger charge is -2.38. The SMILES string of the molecule is O=C(c1ccccc1)C1CCN(CN2C(=O)NC3(CCCN(Cc4ccccc4)C3)C2=O)CC1. The van der Waals surface area contributed by atoms with Crippen molar-refractivity contribution in [2.75, 3.05) is 32.8 Å². The number of nitrogens with zero attached hydrogens (tertiary/aromatic N) is 3. The van der Waals surface area contributed by atoms with Gasteiger partial charge in [-0.05, 0) is 37.8 Å². The van der Waals surface area contributed by atoms with E-state index in [4.69, 9.17) is 0 Å². The second-order valence-electron chi connectivity index (χ2n) is 9.81. The highest BCUT2D eigenvalue weighted by Crippen LogP contribution is 2.30. The van der Waals surface area contributed by atoms with E-state index in [0.717, 1.165) is 37.9 Å². The van der Waals surface area contributed by atoms with Gasteiger partial charge in [-0.2, -0.15) is 0 Å². The molecule has 0 aliphatic carbocycles. The number of amides is 3. The third-order valence-corrected chi connectivity index (χ3v) is 7.42. The van der Waals surface area contributed by atoms with Crippen LogP contribution >= 0.6 is 0 Å². The minimum absolute atomic E-state index is 0.00186. The predicted molar refractivity (Wildman–Crippen MR) is 129 cm³/mol. The lowest BCUT2D eigenvalue weighted by atomic mass is 9.88. The highest BCUT2D eigenvalue weighted by Gasteiger charge is 2.53. The minimum atomic E-state index is -0.828. The van der Waals surface area contributed by atoms with Gasteiger partial charge in [-0.3, -0.25) is 19.4 Å². The van der Waals surface area contributed by atoms with Crippen molar-refractivity contribution in [1.82, 2.24) is 20.0 Å². The van der Waals surface area contributed by atoms with Crippen molar-refractivity contribution in [3.63, 3.8) is 0 Å². The zero-order valence-corrected chi connectivity index (χ0v) is 19.5. The van der Waals surface area contributed by atoms with Gasteiger partial charge in [0.05, 0.1) is 6.67 Å². The van der Waals surface area contributed by atoms with Crippen LogP contribution in [0.4, 0.5) is 4.79 Å². The van der Waals surface area contributed by atoms with Crippen molar-refractivity contribution in [2.24, 2.45) is 5.92 Å². The number of carbonyl (C=O) groups excluding carboxylic acids is 3. The number of piperidine rings is 2. The first kappa shape index (κ1) is 22.7. The number of Topliss-reactive ketones (excluding diaryl/α,β-unsaturated/α-hetero) is 1. The highest BCUT2D eigenvalue weighted by atomic mass is 16.2. The summed E-state index contributed by atoms with van der Waals surface area (Å²) in [5.74, 6) is 0.0747. The summed E-state index contributed by atoms with van der Waals surface area (Å²) in [4.78, 5) is 44.8. The van der Waals surface area contributed by atoms with Gasteiger partial charge >= 0.3 is 6.03 Å². The number of likely N-dealkylation sites (tertiary alicyclic amines) is 2. The lowest BCUT2D eigenvalue weighted by Crippen LogP contribution is -2.58. The third kappa shape index (κ3) is 4.63. The Morgan fingerprint density at radius 2 is 1.59 bits per heavy atom. The Kier molecular flexibility index (Phi) is 6.48. The smallest absolute Gasteiger partial charge is 0.322 e. The maximum absolute atomic E-state index is 13.5. The number of benzene rings is 2. The normalized spacial score (nSPS) is 24.5. The summed E-state index contributed by atoms with van der Waals surface area (Å²) in [6.07, 6.45) is 3.04. The van der Waals surface area contributed by atoms with E-state index in [1.54, 1.807) is 0 Å². The van der Waals surface area contributed by atoms with Gasteiger partial charge in [-0.1, -0.05) is 60.7 Å². The summed E-state index contributed by atoms with van der Waals surface area (Å²) in [6.45, 7) is 3.92. The zero-order valence-electron chi connectivity index (χ0n) is 19.5. The molecule has 5 rings (SSSR count). The van der Waals surface area contributed by atoms with Gasteiger partial charge in [0.1, 0.15) is 5.54 Å². The molecule has 1 atom stereocenters. The largest absolute Gasteiger partial charge is 0.326 e. The fourth-order valence-corrected chi connectivity index (χ4v) is 5.58. The molecule has 0 bridgehead atoms. The summed E-state index contributed by atoms with van der Waals surface area (Å²) < 4.78 is 0. The molecule has 3 amide bonds. The molecule has 0 saturated carbocycles. The van der Waals surface area contributed by atoms with Crippen LogP contribution in [0.3, 0.4) is 0 Å². The molecule has 0 radical (unpaired) electrons. The molecule has 34 heavy (non-hydrogen) atoms. The quantitative estimate of drug-likeness (QED) is 0.530. The summed E-state index contributed by atoms with van der Waals surface area (Å²) >= 11 is 0. The summed E-state index contributed by atoms with van der Waals surface area (Å²) in [6, 6.07) is 19.4. The zero-order chi connectivity index (χ0) is 23.5. The molecule has 3 fully saturated rings. The highest BCUT2D eigenvalue weighted by molar-refractivity contribution is 6.07. The predicted octanol–water partition coefficient (Wildman–Crippen LogP) is 3.13. The number of hydrogen-bond donors (Lipinski definition) is 1. The summed E-state index contributed by atoms with van der Waals surface area (Å²) in [7, 11) is 0. The summed E-state index contributed by atoms with van der Waals surface area (Å²) in [5.41, 5.74) is 1.14. The molecule has 3 heterocycles. The van der Waals surface area contributed by atoms with Crippen LogP contribution in [0.1, 0.15) is 41.6 Å². The van der Waals surface area contributed by atoms with E-state index >= 15 is 0 Å². The Morgan fingerprint density at radius 1 is 0.912 bits per heavy atom. The van der Waals surface area contributed by atoms with Crippen LogP contribution in [0.15, 0.2) is 60.7 Å². The number of nitrogens with one attached hydrogen (secondary N) is 1. The van der Waals surface area contributed by atoms with Gasteiger partial charge < -0.3 is 5.32 Å². The molecular formula is C27H32N4O3. The fraction of sp³-hybridized carbons (Fsp3) is 0.444. The topological polar surface area (TPSA) is 73.0 Å². The molecule has 0 aromatic heterocycles. The first-order valence-electron chi connectivity index (χ1n) is 12.3. The maximum Gasteiger partial charge on any atom is 0.326 e. The van der Waals surface area contributed by atoms with Crippen LogP contribution < -0.4 is 5.32 Å². The van der Waals surface area contributed by atoms with E-state index < -0.39 is 5.54 Å². The van der Waals surface area contributed by atoms with E-state index in [1.165, 1.54) is 10.5 Å². The number of hydrogen-bond acceptors (Lipinski definition) is 5. The van der Waals surface area contributed by atoms with E-state index in [1.807, 2.05) is 48.5 Å². The minimum Gasteiger partial charge on any atom is -0.322 e. The van der Waals surface area contributed by atoms with Gasteiger partial charge in [-0.25, -0.2) is 9.69 Å². The fourth-order valence-electron chi connectivity index (χ4n) is 5.58. The van der Waals surface area contributed by atoms with Crippen LogP contribution in [0.25, 0.3) is 0 Å². The first-order valence-corrected chi connectivity index (χ1v) is 12.3. The Balaban J connectivity index is 1.18. The Morgan fingerprint density at radius 3 is 2.29 bits per heavy atom. The number of carbonyl (C=O) groups is 3. The third-order valence-electron chi connectivity index (χ3n) is 7.42. The average molecular weight is 461 g/mol. The number of rotatable bonds is 6.